The van der Waals surface area contributed by atoms with E-state index in [0.717, 1.165) is 27.8 Å². The normalized spacial score (nSPS) is 10.6. The Bertz CT molecular complexity index is 1100. The Hall–Kier alpha value is -3.72. The van der Waals surface area contributed by atoms with Gasteiger partial charge in [-0.2, -0.15) is 0 Å². The van der Waals surface area contributed by atoms with Gasteiger partial charge >= 0.3 is 0 Å². The third-order valence-corrected chi connectivity index (χ3v) is 4.76. The first-order chi connectivity index (χ1) is 13.8. The van der Waals surface area contributed by atoms with Gasteiger partial charge < -0.3 is 4.57 Å². The minimum atomic E-state index is -0.517. The van der Waals surface area contributed by atoms with Gasteiger partial charge in [0.2, 0.25) is 5.78 Å². The van der Waals surface area contributed by atoms with E-state index in [-0.39, 0.29) is 0 Å². The van der Waals surface area contributed by atoms with E-state index in [2.05, 4.69) is 0 Å². The van der Waals surface area contributed by atoms with E-state index < -0.39 is 5.78 Å². The molecule has 0 aliphatic heterocycles. The summed E-state index contributed by atoms with van der Waals surface area (Å²) in [6.07, 6.45) is 2.37. The van der Waals surface area contributed by atoms with Gasteiger partial charge in [-0.25, -0.2) is 0 Å². The molecule has 1 aromatic heterocycles. The maximum Gasteiger partial charge on any atom is 0.242 e. The van der Waals surface area contributed by atoms with Crippen LogP contribution in [0.25, 0.3) is 22.3 Å². The standard InChI is InChI=1S/C25H19NO2/c27-18-23(28)25-24(21-14-8-3-9-15-21)22(20-12-6-2-7-13-20)17-26(25)16-19-10-4-1-5-11-19/h1-15,17-18H,16H2. The molecule has 0 atom stereocenters. The van der Waals surface area contributed by atoms with E-state index in [0.29, 0.717) is 18.5 Å². The quantitative estimate of drug-likeness (QED) is 0.266. The molecule has 136 valence electrons. The van der Waals surface area contributed by atoms with Crippen molar-refractivity contribution < 1.29 is 9.59 Å². The molecule has 3 heteroatoms. The molecule has 0 amide bonds. The molecule has 0 aliphatic carbocycles. The van der Waals surface area contributed by atoms with E-state index in [1.54, 1.807) is 0 Å². The van der Waals surface area contributed by atoms with Gasteiger partial charge in [0.05, 0.1) is 0 Å². The highest BCUT2D eigenvalue weighted by Gasteiger charge is 2.23. The fourth-order valence-electron chi connectivity index (χ4n) is 3.52. The van der Waals surface area contributed by atoms with Crippen molar-refractivity contribution in [1.29, 1.82) is 0 Å². The van der Waals surface area contributed by atoms with Gasteiger partial charge in [0.25, 0.3) is 0 Å². The van der Waals surface area contributed by atoms with E-state index in [4.69, 9.17) is 0 Å². The number of nitrogens with zero attached hydrogens (tertiary/aromatic N) is 1. The lowest BCUT2D eigenvalue weighted by molar-refractivity contribution is -0.104. The van der Waals surface area contributed by atoms with E-state index >= 15 is 0 Å². The number of hydrogen-bond acceptors (Lipinski definition) is 2. The number of hydrogen-bond donors (Lipinski definition) is 0. The van der Waals surface area contributed by atoms with Crippen LogP contribution in [-0.2, 0) is 11.3 Å². The SMILES string of the molecule is O=CC(=O)c1c(-c2ccccc2)c(-c2ccccc2)cn1Cc1ccccc1. The smallest absolute Gasteiger partial charge is 0.242 e. The van der Waals surface area contributed by atoms with Crippen LogP contribution in [0.2, 0.25) is 0 Å². The van der Waals surface area contributed by atoms with Gasteiger partial charge in [-0.15, -0.1) is 0 Å². The number of aldehydes is 1. The third kappa shape index (κ3) is 3.42. The third-order valence-electron chi connectivity index (χ3n) is 4.76. The first kappa shape index (κ1) is 17.7. The number of benzene rings is 3. The Balaban J connectivity index is 1.98. The van der Waals surface area contributed by atoms with Crippen LogP contribution < -0.4 is 0 Å². The lowest BCUT2D eigenvalue weighted by Gasteiger charge is -2.09. The minimum absolute atomic E-state index is 0.401. The van der Waals surface area contributed by atoms with Gasteiger partial charge in [-0.1, -0.05) is 91.0 Å². The van der Waals surface area contributed by atoms with Crippen LogP contribution in [0.15, 0.2) is 97.2 Å². The average Bonchev–Trinajstić information content (AvgIpc) is 3.14. The first-order valence-electron chi connectivity index (χ1n) is 9.15. The molecule has 3 nitrogen and oxygen atoms in total. The summed E-state index contributed by atoms with van der Waals surface area (Å²) in [6, 6.07) is 29.6. The summed E-state index contributed by atoms with van der Waals surface area (Å²) < 4.78 is 1.89. The maximum atomic E-state index is 12.7. The van der Waals surface area contributed by atoms with Crippen molar-refractivity contribution >= 4 is 12.1 Å². The Morgan fingerprint density at radius 2 is 1.29 bits per heavy atom. The second kappa shape index (κ2) is 7.89. The van der Waals surface area contributed by atoms with E-state index in [1.165, 1.54) is 0 Å². The maximum absolute atomic E-state index is 12.7. The molecule has 0 saturated carbocycles. The fourth-order valence-corrected chi connectivity index (χ4v) is 3.52. The first-order valence-corrected chi connectivity index (χ1v) is 9.15. The van der Waals surface area contributed by atoms with Crippen molar-refractivity contribution in [3.63, 3.8) is 0 Å². The summed E-state index contributed by atoms with van der Waals surface area (Å²) in [6.45, 7) is 0.516. The predicted molar refractivity (Wildman–Crippen MR) is 111 cm³/mol. The molecule has 1 heterocycles. The Morgan fingerprint density at radius 1 is 0.750 bits per heavy atom. The Morgan fingerprint density at radius 3 is 1.86 bits per heavy atom. The topological polar surface area (TPSA) is 39.1 Å². The molecule has 0 unspecified atom stereocenters. The summed E-state index contributed by atoms with van der Waals surface area (Å²) in [4.78, 5) is 24.2. The Labute approximate surface area is 163 Å². The van der Waals surface area contributed by atoms with Crippen molar-refractivity contribution in [1.82, 2.24) is 4.57 Å². The van der Waals surface area contributed by atoms with Crippen molar-refractivity contribution in [2.45, 2.75) is 6.54 Å². The number of ketones is 1. The van der Waals surface area contributed by atoms with Crippen LogP contribution in [0.3, 0.4) is 0 Å². The molecule has 0 bridgehead atoms. The van der Waals surface area contributed by atoms with Crippen molar-refractivity contribution in [2.24, 2.45) is 0 Å². The largest absolute Gasteiger partial charge is 0.339 e. The number of carbonyl (C=O) groups excluding carboxylic acids is 2. The molecule has 3 aromatic carbocycles. The highest BCUT2D eigenvalue weighted by atomic mass is 16.2. The van der Waals surface area contributed by atoms with Gasteiger partial charge in [0.1, 0.15) is 5.69 Å². The molecule has 4 rings (SSSR count). The summed E-state index contributed by atoms with van der Waals surface area (Å²) in [5.41, 5.74) is 5.14. The van der Waals surface area contributed by atoms with Gasteiger partial charge in [-0.05, 0) is 16.7 Å². The number of rotatable bonds is 6. The zero-order valence-electron chi connectivity index (χ0n) is 15.3. The molecular weight excluding hydrogens is 346 g/mol. The molecule has 4 aromatic rings. The van der Waals surface area contributed by atoms with Crippen molar-refractivity contribution in [3.05, 3.63) is 108 Å². The molecule has 0 aliphatic rings. The summed E-state index contributed by atoms with van der Waals surface area (Å²) >= 11 is 0. The lowest BCUT2D eigenvalue weighted by atomic mass is 9.96. The van der Waals surface area contributed by atoms with Gasteiger partial charge in [0, 0.05) is 23.9 Å². The van der Waals surface area contributed by atoms with Crippen LogP contribution in [0.1, 0.15) is 16.1 Å². The van der Waals surface area contributed by atoms with Crippen LogP contribution >= 0.6 is 0 Å². The van der Waals surface area contributed by atoms with Crippen LogP contribution in [0, 0.1) is 0 Å². The molecule has 0 saturated heterocycles. The summed E-state index contributed by atoms with van der Waals surface area (Å²) in [5, 5.41) is 0. The minimum Gasteiger partial charge on any atom is -0.339 e. The molecular formula is C25H19NO2. The monoisotopic (exact) mass is 365 g/mol. The van der Waals surface area contributed by atoms with Crippen LogP contribution in [0.4, 0.5) is 0 Å². The van der Waals surface area contributed by atoms with Gasteiger partial charge in [0.15, 0.2) is 6.29 Å². The molecule has 0 N–H and O–H groups in total. The summed E-state index contributed by atoms with van der Waals surface area (Å²) in [7, 11) is 0. The number of aromatic nitrogens is 1. The molecule has 0 fully saturated rings. The van der Waals surface area contributed by atoms with Gasteiger partial charge in [-0.3, -0.25) is 9.59 Å². The molecule has 28 heavy (non-hydrogen) atoms. The van der Waals surface area contributed by atoms with E-state index in [9.17, 15) is 9.59 Å². The number of Topliss-reactive ketones (excluding diaryl/α,β-unsaturated/α-hetero) is 1. The van der Waals surface area contributed by atoms with Crippen molar-refractivity contribution in [2.75, 3.05) is 0 Å². The molecule has 0 spiro atoms. The average molecular weight is 365 g/mol. The van der Waals surface area contributed by atoms with Crippen LogP contribution in [-0.4, -0.2) is 16.6 Å². The summed E-state index contributed by atoms with van der Waals surface area (Å²) in [5.74, 6) is -0.517. The highest BCUT2D eigenvalue weighted by Crippen LogP contribution is 2.37. The fraction of sp³-hybridized carbons (Fsp3) is 0.0400. The molecule has 0 radical (unpaired) electrons. The Kier molecular flexibility index (Phi) is 4.98. The number of carbonyl (C=O) groups is 2. The lowest BCUT2D eigenvalue weighted by Crippen LogP contribution is -2.11. The zero-order chi connectivity index (χ0) is 19.3. The zero-order valence-corrected chi connectivity index (χ0v) is 15.3. The second-order valence-electron chi connectivity index (χ2n) is 6.59. The van der Waals surface area contributed by atoms with E-state index in [1.807, 2.05) is 102 Å². The van der Waals surface area contributed by atoms with Crippen LogP contribution in [0.5, 0.6) is 0 Å². The second-order valence-corrected chi connectivity index (χ2v) is 6.59. The predicted octanol–water partition coefficient (Wildman–Crippen LogP) is 5.25. The van der Waals surface area contributed by atoms with Crippen molar-refractivity contribution in [3.8, 4) is 22.3 Å². The highest BCUT2D eigenvalue weighted by molar-refractivity contribution is 6.35.